The van der Waals surface area contributed by atoms with Crippen molar-refractivity contribution in [2.75, 3.05) is 11.9 Å². The van der Waals surface area contributed by atoms with Gasteiger partial charge < -0.3 is 5.32 Å². The summed E-state index contributed by atoms with van der Waals surface area (Å²) in [6.45, 7) is 5.37. The predicted molar refractivity (Wildman–Crippen MR) is 86.5 cm³/mol. The van der Waals surface area contributed by atoms with Crippen molar-refractivity contribution in [1.82, 2.24) is 0 Å². The average molecular weight is 265 g/mol. The minimum atomic E-state index is 0.653. The molecule has 1 heteroatoms. The first-order valence-corrected chi connectivity index (χ1v) is 7.63. The Hall–Kier alpha value is -1.76. The quantitative estimate of drug-likeness (QED) is 0.837. The molecule has 1 aliphatic carbocycles. The van der Waals surface area contributed by atoms with Crippen LogP contribution in [-0.2, 0) is 6.42 Å². The number of hydrogen-bond acceptors (Lipinski definition) is 1. The van der Waals surface area contributed by atoms with Gasteiger partial charge in [0.1, 0.15) is 0 Å². The normalized spacial score (nSPS) is 17.6. The molecule has 3 rings (SSSR count). The Kier molecular flexibility index (Phi) is 3.77. The van der Waals surface area contributed by atoms with E-state index in [0.717, 1.165) is 6.54 Å². The lowest BCUT2D eigenvalue weighted by Gasteiger charge is -2.26. The average Bonchev–Trinajstić information content (AvgIpc) is 2.48. The monoisotopic (exact) mass is 265 g/mol. The van der Waals surface area contributed by atoms with Crippen LogP contribution < -0.4 is 5.32 Å². The molecule has 2 aromatic rings. The van der Waals surface area contributed by atoms with Crippen molar-refractivity contribution in [3.05, 3.63) is 64.7 Å². The molecule has 2 aromatic carbocycles. The highest BCUT2D eigenvalue weighted by Gasteiger charge is 2.19. The molecule has 0 saturated carbocycles. The molecular weight excluding hydrogens is 242 g/mol. The number of fused-ring (bicyclic) bond motifs is 1. The second kappa shape index (κ2) is 5.70. The van der Waals surface area contributed by atoms with Crippen LogP contribution in [0.15, 0.2) is 42.5 Å². The van der Waals surface area contributed by atoms with E-state index in [0.29, 0.717) is 5.92 Å². The first-order chi connectivity index (χ1) is 9.74. The van der Waals surface area contributed by atoms with E-state index in [-0.39, 0.29) is 0 Å². The first-order valence-electron chi connectivity index (χ1n) is 7.63. The van der Waals surface area contributed by atoms with Crippen LogP contribution in [0.5, 0.6) is 0 Å². The summed E-state index contributed by atoms with van der Waals surface area (Å²) in [6, 6.07) is 15.6. The zero-order valence-electron chi connectivity index (χ0n) is 12.4. The Morgan fingerprint density at radius 3 is 2.85 bits per heavy atom. The lowest BCUT2D eigenvalue weighted by Crippen LogP contribution is -2.18. The van der Waals surface area contributed by atoms with E-state index in [1.165, 1.54) is 36.1 Å². The fourth-order valence-electron chi connectivity index (χ4n) is 3.23. The van der Waals surface area contributed by atoms with Crippen molar-refractivity contribution in [2.45, 2.75) is 39.0 Å². The van der Waals surface area contributed by atoms with Gasteiger partial charge >= 0.3 is 0 Å². The fourth-order valence-corrected chi connectivity index (χ4v) is 3.23. The van der Waals surface area contributed by atoms with Gasteiger partial charge in [0.15, 0.2) is 0 Å². The summed E-state index contributed by atoms with van der Waals surface area (Å²) in [6.07, 6.45) is 3.86. The molecule has 20 heavy (non-hydrogen) atoms. The van der Waals surface area contributed by atoms with E-state index in [9.17, 15) is 0 Å². The van der Waals surface area contributed by atoms with Crippen molar-refractivity contribution in [3.63, 3.8) is 0 Å². The number of anilines is 1. The zero-order valence-corrected chi connectivity index (χ0v) is 12.4. The third-order valence-electron chi connectivity index (χ3n) is 4.43. The van der Waals surface area contributed by atoms with Crippen LogP contribution in [0.3, 0.4) is 0 Å². The summed E-state index contributed by atoms with van der Waals surface area (Å²) in [4.78, 5) is 0. The van der Waals surface area contributed by atoms with Crippen LogP contribution in [-0.4, -0.2) is 6.54 Å². The van der Waals surface area contributed by atoms with Gasteiger partial charge in [-0.2, -0.15) is 0 Å². The molecule has 0 amide bonds. The number of benzene rings is 2. The molecule has 1 unspecified atom stereocenters. The Labute approximate surface area is 122 Å². The highest BCUT2D eigenvalue weighted by molar-refractivity contribution is 5.53. The Balaban J connectivity index is 1.75. The van der Waals surface area contributed by atoms with Crippen LogP contribution in [0.1, 0.15) is 41.0 Å². The summed E-state index contributed by atoms with van der Waals surface area (Å²) in [5.41, 5.74) is 7.04. The summed E-state index contributed by atoms with van der Waals surface area (Å²) in [5, 5.41) is 3.66. The second-order valence-electron chi connectivity index (χ2n) is 5.99. The van der Waals surface area contributed by atoms with Crippen LogP contribution in [0.2, 0.25) is 0 Å². The molecule has 0 bridgehead atoms. The van der Waals surface area contributed by atoms with E-state index in [1.54, 1.807) is 11.1 Å². The molecule has 104 valence electrons. The van der Waals surface area contributed by atoms with Crippen molar-refractivity contribution >= 4 is 5.69 Å². The second-order valence-corrected chi connectivity index (χ2v) is 5.99. The topological polar surface area (TPSA) is 12.0 Å². The van der Waals surface area contributed by atoms with Gasteiger partial charge in [0.05, 0.1) is 0 Å². The van der Waals surface area contributed by atoms with E-state index >= 15 is 0 Å². The SMILES string of the molecule is Cc1ccc(C)c(NCC2CCCc3ccccc32)c1. The van der Waals surface area contributed by atoms with E-state index in [1.807, 2.05) is 0 Å². The van der Waals surface area contributed by atoms with Crippen molar-refractivity contribution in [3.8, 4) is 0 Å². The molecule has 0 heterocycles. The number of aryl methyl sites for hydroxylation is 3. The maximum absolute atomic E-state index is 3.66. The Morgan fingerprint density at radius 1 is 1.10 bits per heavy atom. The number of hydrogen-bond donors (Lipinski definition) is 1. The number of nitrogens with one attached hydrogen (secondary N) is 1. The van der Waals surface area contributed by atoms with Crippen LogP contribution >= 0.6 is 0 Å². The zero-order chi connectivity index (χ0) is 13.9. The lowest BCUT2D eigenvalue weighted by atomic mass is 9.83. The van der Waals surface area contributed by atoms with Crippen LogP contribution in [0.25, 0.3) is 0 Å². The van der Waals surface area contributed by atoms with E-state index < -0.39 is 0 Å². The summed E-state index contributed by atoms with van der Waals surface area (Å²) < 4.78 is 0. The van der Waals surface area contributed by atoms with Gasteiger partial charge in [-0.05, 0) is 61.4 Å². The van der Waals surface area contributed by atoms with Gasteiger partial charge in [-0.15, -0.1) is 0 Å². The van der Waals surface area contributed by atoms with E-state index in [4.69, 9.17) is 0 Å². The third kappa shape index (κ3) is 2.72. The Morgan fingerprint density at radius 2 is 1.95 bits per heavy atom. The molecule has 0 radical (unpaired) electrons. The van der Waals surface area contributed by atoms with Crippen molar-refractivity contribution in [1.29, 1.82) is 0 Å². The minimum absolute atomic E-state index is 0.653. The predicted octanol–water partition coefficient (Wildman–Crippen LogP) is 4.84. The standard InChI is InChI=1S/C19H23N/c1-14-10-11-15(2)19(12-14)20-13-17-8-5-7-16-6-3-4-9-18(16)17/h3-4,6,9-12,17,20H,5,7-8,13H2,1-2H3. The van der Waals surface area contributed by atoms with Gasteiger partial charge in [0.25, 0.3) is 0 Å². The Bertz CT molecular complexity index is 600. The minimum Gasteiger partial charge on any atom is -0.384 e. The first kappa shape index (κ1) is 13.2. The molecule has 1 nitrogen and oxygen atoms in total. The number of rotatable bonds is 3. The van der Waals surface area contributed by atoms with Crippen molar-refractivity contribution in [2.24, 2.45) is 0 Å². The third-order valence-corrected chi connectivity index (χ3v) is 4.43. The summed E-state index contributed by atoms with van der Waals surface area (Å²) in [7, 11) is 0. The summed E-state index contributed by atoms with van der Waals surface area (Å²) >= 11 is 0. The molecule has 0 aromatic heterocycles. The van der Waals surface area contributed by atoms with Gasteiger partial charge in [-0.3, -0.25) is 0 Å². The smallest absolute Gasteiger partial charge is 0.0372 e. The highest BCUT2D eigenvalue weighted by Crippen LogP contribution is 2.31. The van der Waals surface area contributed by atoms with Gasteiger partial charge in [0, 0.05) is 18.2 Å². The van der Waals surface area contributed by atoms with Crippen LogP contribution in [0.4, 0.5) is 5.69 Å². The molecule has 0 fully saturated rings. The van der Waals surface area contributed by atoms with Crippen LogP contribution in [0, 0.1) is 13.8 Å². The van der Waals surface area contributed by atoms with Gasteiger partial charge in [-0.25, -0.2) is 0 Å². The molecule has 0 saturated heterocycles. The molecule has 0 aliphatic heterocycles. The highest BCUT2D eigenvalue weighted by atomic mass is 14.9. The lowest BCUT2D eigenvalue weighted by molar-refractivity contribution is 0.571. The molecule has 0 spiro atoms. The maximum Gasteiger partial charge on any atom is 0.0372 e. The molecule has 1 N–H and O–H groups in total. The molecule has 1 aliphatic rings. The fraction of sp³-hybridized carbons (Fsp3) is 0.368. The molecule has 1 atom stereocenters. The largest absolute Gasteiger partial charge is 0.384 e. The maximum atomic E-state index is 3.66. The summed E-state index contributed by atoms with van der Waals surface area (Å²) in [5.74, 6) is 0.653. The van der Waals surface area contributed by atoms with E-state index in [2.05, 4.69) is 61.6 Å². The van der Waals surface area contributed by atoms with Gasteiger partial charge in [0.2, 0.25) is 0 Å². The molecular formula is C19H23N. The van der Waals surface area contributed by atoms with Crippen molar-refractivity contribution < 1.29 is 0 Å². The van der Waals surface area contributed by atoms with Gasteiger partial charge in [-0.1, -0.05) is 36.4 Å².